The van der Waals surface area contributed by atoms with Gasteiger partial charge in [-0.25, -0.2) is 9.59 Å². The van der Waals surface area contributed by atoms with Crippen LogP contribution in [0.5, 0.6) is 0 Å². The minimum Gasteiger partial charge on any atom is -0.387 e. The monoisotopic (exact) mass is 204 g/mol. The van der Waals surface area contributed by atoms with Crippen molar-refractivity contribution in [2.75, 3.05) is 0 Å². The first-order valence-corrected chi connectivity index (χ1v) is 1.73. The molecule has 1 heterocycles. The first-order chi connectivity index (χ1) is 3.29. The van der Waals surface area contributed by atoms with E-state index in [0.29, 0.717) is 0 Å². The second kappa shape index (κ2) is 2.75. The molecule has 0 saturated carbocycles. The molecule has 0 aromatic carbocycles. The van der Waals surface area contributed by atoms with Crippen LogP contribution in [0, 0.1) is 0 Å². The minimum absolute atomic E-state index is 0. The number of carbonyl (C=O) groups is 2. The Morgan fingerprint density at radius 3 is 1.62 bits per heavy atom. The van der Waals surface area contributed by atoms with E-state index in [0.717, 1.165) is 12.2 Å². The maximum Gasteiger partial charge on any atom is 0.338 e. The summed E-state index contributed by atoms with van der Waals surface area (Å²) >= 11 is 0. The van der Waals surface area contributed by atoms with Gasteiger partial charge in [0, 0.05) is 32.6 Å². The summed E-state index contributed by atoms with van der Waals surface area (Å²) in [5.74, 6) is -1.16. The third kappa shape index (κ3) is 1.57. The quantitative estimate of drug-likeness (QED) is 0.307. The van der Waals surface area contributed by atoms with Crippen molar-refractivity contribution >= 4 is 11.9 Å². The number of esters is 2. The van der Waals surface area contributed by atoms with Gasteiger partial charge in [0.15, 0.2) is 0 Å². The van der Waals surface area contributed by atoms with E-state index in [-0.39, 0.29) is 20.4 Å². The first kappa shape index (κ1) is 7.54. The van der Waals surface area contributed by atoms with Crippen molar-refractivity contribution in [2.24, 2.45) is 0 Å². The molecule has 0 fully saturated rings. The molecule has 8 heavy (non-hydrogen) atoms. The SMILES string of the molecule is O=C1C=CC(=O)O1.[Pd]. The van der Waals surface area contributed by atoms with Crippen molar-refractivity contribution < 1.29 is 34.7 Å². The third-order valence-corrected chi connectivity index (χ3v) is 0.557. The molecule has 1 aliphatic rings. The van der Waals surface area contributed by atoms with Gasteiger partial charge >= 0.3 is 11.9 Å². The van der Waals surface area contributed by atoms with Crippen LogP contribution in [0.4, 0.5) is 0 Å². The molecule has 0 aromatic rings. The summed E-state index contributed by atoms with van der Waals surface area (Å²) in [5.41, 5.74) is 0. The number of hydrogen-bond donors (Lipinski definition) is 0. The van der Waals surface area contributed by atoms with E-state index < -0.39 is 11.9 Å². The summed E-state index contributed by atoms with van der Waals surface area (Å²) in [5, 5.41) is 0. The average Bonchev–Trinajstić information content (AvgIpc) is 1.87. The van der Waals surface area contributed by atoms with Crippen LogP contribution < -0.4 is 0 Å². The van der Waals surface area contributed by atoms with Crippen LogP contribution in [0.15, 0.2) is 12.2 Å². The van der Waals surface area contributed by atoms with Gasteiger partial charge in [0.05, 0.1) is 0 Å². The Morgan fingerprint density at radius 2 is 1.50 bits per heavy atom. The van der Waals surface area contributed by atoms with Crippen molar-refractivity contribution in [3.63, 3.8) is 0 Å². The fourth-order valence-electron chi connectivity index (χ4n) is 0.303. The van der Waals surface area contributed by atoms with Crippen molar-refractivity contribution in [3.05, 3.63) is 12.2 Å². The van der Waals surface area contributed by atoms with Crippen LogP contribution >= 0.6 is 0 Å². The number of ether oxygens (including phenoxy) is 1. The standard InChI is InChI=1S/C4H2O3.Pd/c5-3-1-2-4(6)7-3;/h1-2H;. The average molecular weight is 204 g/mol. The Morgan fingerprint density at radius 1 is 1.12 bits per heavy atom. The molecule has 0 bridgehead atoms. The van der Waals surface area contributed by atoms with E-state index in [1.165, 1.54) is 0 Å². The predicted octanol–water partition coefficient (Wildman–Crippen LogP) is -0.377. The number of cyclic esters (lactones) is 2. The fourth-order valence-corrected chi connectivity index (χ4v) is 0.303. The zero-order valence-electron chi connectivity index (χ0n) is 3.70. The smallest absolute Gasteiger partial charge is 0.338 e. The molecule has 0 N–H and O–H groups in total. The van der Waals surface area contributed by atoms with Crippen molar-refractivity contribution in [2.45, 2.75) is 0 Å². The van der Waals surface area contributed by atoms with Gasteiger partial charge in [0.25, 0.3) is 0 Å². The number of hydrogen-bond acceptors (Lipinski definition) is 3. The molecule has 0 unspecified atom stereocenters. The van der Waals surface area contributed by atoms with Crippen molar-refractivity contribution in [3.8, 4) is 0 Å². The molecular formula is C4H2O3Pd. The topological polar surface area (TPSA) is 43.4 Å². The molecule has 0 atom stereocenters. The van der Waals surface area contributed by atoms with Crippen LogP contribution in [-0.4, -0.2) is 11.9 Å². The molecule has 0 aromatic heterocycles. The molecule has 1 rings (SSSR count). The molecule has 0 amide bonds. The zero-order valence-corrected chi connectivity index (χ0v) is 5.25. The molecule has 46 valence electrons. The summed E-state index contributed by atoms with van der Waals surface area (Å²) < 4.78 is 3.97. The van der Waals surface area contributed by atoms with Gasteiger partial charge in [-0.3, -0.25) is 0 Å². The normalized spacial score (nSPS) is 15.5. The number of rotatable bonds is 0. The van der Waals surface area contributed by atoms with Crippen LogP contribution in [0.1, 0.15) is 0 Å². The van der Waals surface area contributed by atoms with E-state index >= 15 is 0 Å². The van der Waals surface area contributed by atoms with Gasteiger partial charge in [0.1, 0.15) is 0 Å². The van der Waals surface area contributed by atoms with E-state index in [1.54, 1.807) is 0 Å². The number of carbonyl (C=O) groups excluding carboxylic acids is 2. The molecule has 0 aliphatic carbocycles. The molecule has 0 radical (unpaired) electrons. The predicted molar refractivity (Wildman–Crippen MR) is 20.2 cm³/mol. The first-order valence-electron chi connectivity index (χ1n) is 1.73. The Labute approximate surface area is 59.4 Å². The second-order valence-corrected chi connectivity index (χ2v) is 1.07. The van der Waals surface area contributed by atoms with Gasteiger partial charge in [0.2, 0.25) is 0 Å². The minimum atomic E-state index is -0.579. The molecular weight excluding hydrogens is 202 g/mol. The van der Waals surface area contributed by atoms with Crippen molar-refractivity contribution in [1.82, 2.24) is 0 Å². The van der Waals surface area contributed by atoms with Gasteiger partial charge in [-0.1, -0.05) is 0 Å². The van der Waals surface area contributed by atoms with E-state index in [4.69, 9.17) is 0 Å². The van der Waals surface area contributed by atoms with E-state index in [1.807, 2.05) is 0 Å². The summed E-state index contributed by atoms with van der Waals surface area (Å²) in [6.45, 7) is 0. The van der Waals surface area contributed by atoms with Crippen LogP contribution in [-0.2, 0) is 34.7 Å². The van der Waals surface area contributed by atoms with Crippen LogP contribution in [0.25, 0.3) is 0 Å². The Hall–Kier alpha value is -0.458. The molecule has 4 heteroatoms. The van der Waals surface area contributed by atoms with Crippen molar-refractivity contribution in [1.29, 1.82) is 0 Å². The molecule has 1 aliphatic heterocycles. The van der Waals surface area contributed by atoms with Gasteiger partial charge in [-0.15, -0.1) is 0 Å². The Bertz CT molecular complexity index is 133. The Kier molecular flexibility index (Phi) is 2.60. The summed E-state index contributed by atoms with van der Waals surface area (Å²) in [4.78, 5) is 19.8. The summed E-state index contributed by atoms with van der Waals surface area (Å²) in [7, 11) is 0. The van der Waals surface area contributed by atoms with Crippen LogP contribution in [0.3, 0.4) is 0 Å². The van der Waals surface area contributed by atoms with Gasteiger partial charge in [-0.2, -0.15) is 0 Å². The maximum absolute atomic E-state index is 9.92. The van der Waals surface area contributed by atoms with E-state index in [2.05, 4.69) is 4.74 Å². The Balaban J connectivity index is 0.000000490. The molecule has 3 nitrogen and oxygen atoms in total. The van der Waals surface area contributed by atoms with Crippen LogP contribution in [0.2, 0.25) is 0 Å². The fraction of sp³-hybridized carbons (Fsp3) is 0. The molecule has 0 saturated heterocycles. The van der Waals surface area contributed by atoms with Gasteiger partial charge in [-0.05, 0) is 0 Å². The third-order valence-electron chi connectivity index (χ3n) is 0.557. The zero-order chi connectivity index (χ0) is 5.28. The summed E-state index contributed by atoms with van der Waals surface area (Å²) in [6, 6.07) is 0. The van der Waals surface area contributed by atoms with E-state index in [9.17, 15) is 9.59 Å². The second-order valence-electron chi connectivity index (χ2n) is 1.07. The maximum atomic E-state index is 9.92. The largest absolute Gasteiger partial charge is 0.387 e. The van der Waals surface area contributed by atoms with Gasteiger partial charge < -0.3 is 4.74 Å². The summed E-state index contributed by atoms with van der Waals surface area (Å²) in [6.07, 6.45) is 2.17. The molecule has 0 spiro atoms.